The van der Waals surface area contributed by atoms with E-state index in [2.05, 4.69) is 5.32 Å². The van der Waals surface area contributed by atoms with Crippen molar-refractivity contribution in [2.75, 3.05) is 6.61 Å². The molecule has 1 amide bonds. The van der Waals surface area contributed by atoms with Gasteiger partial charge >= 0.3 is 12.1 Å². The number of ether oxygens (including phenoxy) is 2. The molecule has 0 aromatic heterocycles. The van der Waals surface area contributed by atoms with Gasteiger partial charge in [-0.2, -0.15) is 0 Å². The first-order chi connectivity index (χ1) is 11.5. The monoisotopic (exact) mass is 352 g/mol. The number of amides is 1. The zero-order valence-corrected chi connectivity index (χ0v) is 14.1. The van der Waals surface area contributed by atoms with Gasteiger partial charge < -0.3 is 19.9 Å². The zero-order valence-electron chi connectivity index (χ0n) is 14.1. The molecule has 1 aromatic rings. The number of aliphatic carboxylic acids is 1. The molecule has 1 saturated heterocycles. The second-order valence-corrected chi connectivity index (χ2v) is 6.75. The van der Waals surface area contributed by atoms with Gasteiger partial charge in [0.1, 0.15) is 11.7 Å². The van der Waals surface area contributed by atoms with Crippen LogP contribution in [0.1, 0.15) is 38.9 Å². The molecule has 2 rings (SSSR count). The number of non-ortho nitro benzene ring substituents is 1. The predicted molar refractivity (Wildman–Crippen MR) is 86.1 cm³/mol. The molecule has 9 heteroatoms. The zero-order chi connectivity index (χ0) is 18.8. The second-order valence-electron chi connectivity index (χ2n) is 6.75. The number of nitrogens with one attached hydrogen (secondary N) is 1. The van der Waals surface area contributed by atoms with Crippen LogP contribution < -0.4 is 5.32 Å². The first-order valence-corrected chi connectivity index (χ1v) is 7.66. The molecule has 25 heavy (non-hydrogen) atoms. The van der Waals surface area contributed by atoms with Gasteiger partial charge in [0, 0.05) is 18.6 Å². The number of nitrogens with zero attached hydrogens (tertiary/aromatic N) is 1. The van der Waals surface area contributed by atoms with E-state index in [0.29, 0.717) is 5.56 Å². The van der Waals surface area contributed by atoms with E-state index < -0.39 is 34.2 Å². The van der Waals surface area contributed by atoms with Crippen LogP contribution in [0, 0.1) is 10.1 Å². The van der Waals surface area contributed by atoms with Crippen LogP contribution in [0.3, 0.4) is 0 Å². The summed E-state index contributed by atoms with van der Waals surface area (Å²) < 4.78 is 10.7. The smallest absolute Gasteiger partial charge is 0.408 e. The standard InChI is InChI=1S/C16H20N2O7/c1-15(2,3)25-14(21)17-16(13(19)20)8-9-24-12(16)10-4-6-11(7-5-10)18(22)23/h4-7,12H,8-9H2,1-3H3,(H,17,21)(H,19,20)/t12-,16+/m1/s1. The Morgan fingerprint density at radius 1 is 1.36 bits per heavy atom. The van der Waals surface area contributed by atoms with Crippen molar-refractivity contribution < 1.29 is 29.1 Å². The number of benzene rings is 1. The molecule has 2 N–H and O–H groups in total. The molecule has 1 fully saturated rings. The Morgan fingerprint density at radius 2 is 1.96 bits per heavy atom. The topological polar surface area (TPSA) is 128 Å². The maximum atomic E-state index is 12.1. The second kappa shape index (κ2) is 6.67. The summed E-state index contributed by atoms with van der Waals surface area (Å²) in [6, 6.07) is 5.36. The molecule has 1 aliphatic rings. The van der Waals surface area contributed by atoms with E-state index in [1.807, 2.05) is 0 Å². The van der Waals surface area contributed by atoms with Crippen molar-refractivity contribution in [3.8, 4) is 0 Å². The first kappa shape index (κ1) is 18.7. The lowest BCUT2D eigenvalue weighted by molar-refractivity contribution is -0.384. The number of carbonyl (C=O) groups is 2. The Labute approximate surface area is 144 Å². The van der Waals surface area contributed by atoms with Gasteiger partial charge in [-0.15, -0.1) is 0 Å². The molecular weight excluding hydrogens is 332 g/mol. The summed E-state index contributed by atoms with van der Waals surface area (Å²) >= 11 is 0. The van der Waals surface area contributed by atoms with Gasteiger partial charge in [0.2, 0.25) is 0 Å². The number of carboxylic acids is 1. The summed E-state index contributed by atoms with van der Waals surface area (Å²) in [5.74, 6) is -1.26. The third kappa shape index (κ3) is 4.05. The van der Waals surface area contributed by atoms with Crippen LogP contribution in [0.25, 0.3) is 0 Å². The number of hydrogen-bond acceptors (Lipinski definition) is 6. The molecule has 1 heterocycles. The van der Waals surface area contributed by atoms with Crippen molar-refractivity contribution in [3.63, 3.8) is 0 Å². The van der Waals surface area contributed by atoms with Gasteiger partial charge in [-0.1, -0.05) is 0 Å². The lowest BCUT2D eigenvalue weighted by Crippen LogP contribution is -2.57. The largest absolute Gasteiger partial charge is 0.479 e. The Balaban J connectivity index is 2.31. The van der Waals surface area contributed by atoms with E-state index in [-0.39, 0.29) is 18.7 Å². The van der Waals surface area contributed by atoms with Gasteiger partial charge in [-0.25, -0.2) is 9.59 Å². The SMILES string of the molecule is CC(C)(C)OC(=O)N[C@@]1(C(=O)O)CCO[C@@H]1c1ccc([N+](=O)[O-])cc1. The van der Waals surface area contributed by atoms with E-state index >= 15 is 0 Å². The van der Waals surface area contributed by atoms with Crippen molar-refractivity contribution in [3.05, 3.63) is 39.9 Å². The normalized spacial score (nSPS) is 23.1. The number of nitro groups is 1. The minimum Gasteiger partial charge on any atom is -0.479 e. The first-order valence-electron chi connectivity index (χ1n) is 7.66. The van der Waals surface area contributed by atoms with Crippen molar-refractivity contribution >= 4 is 17.7 Å². The summed E-state index contributed by atoms with van der Waals surface area (Å²) in [7, 11) is 0. The van der Waals surface area contributed by atoms with Crippen LogP contribution in [0.4, 0.5) is 10.5 Å². The van der Waals surface area contributed by atoms with Crippen LogP contribution in [0.15, 0.2) is 24.3 Å². The summed E-state index contributed by atoms with van der Waals surface area (Å²) in [4.78, 5) is 34.2. The number of carboxylic acid groups (broad SMARTS) is 1. The van der Waals surface area contributed by atoms with Gasteiger partial charge in [0.25, 0.3) is 5.69 Å². The van der Waals surface area contributed by atoms with Gasteiger partial charge in [0.05, 0.1) is 11.5 Å². The Hall–Kier alpha value is -2.68. The average molecular weight is 352 g/mol. The number of hydrogen-bond donors (Lipinski definition) is 2. The fourth-order valence-corrected chi connectivity index (χ4v) is 2.65. The van der Waals surface area contributed by atoms with E-state index in [4.69, 9.17) is 9.47 Å². The summed E-state index contributed by atoms with van der Waals surface area (Å²) in [5, 5.41) is 22.9. The fourth-order valence-electron chi connectivity index (χ4n) is 2.65. The van der Waals surface area contributed by atoms with Crippen LogP contribution in [0.2, 0.25) is 0 Å². The van der Waals surface area contributed by atoms with Crippen LogP contribution in [-0.4, -0.2) is 39.8 Å². The van der Waals surface area contributed by atoms with Crippen molar-refractivity contribution in [1.29, 1.82) is 0 Å². The summed E-state index contributed by atoms with van der Waals surface area (Å²) in [6.07, 6.45) is -1.81. The number of carbonyl (C=O) groups excluding carboxylic acids is 1. The van der Waals surface area contributed by atoms with Crippen LogP contribution >= 0.6 is 0 Å². The highest BCUT2D eigenvalue weighted by Crippen LogP contribution is 2.39. The van der Waals surface area contributed by atoms with Crippen LogP contribution in [0.5, 0.6) is 0 Å². The van der Waals surface area contributed by atoms with E-state index in [1.165, 1.54) is 24.3 Å². The van der Waals surface area contributed by atoms with Crippen LogP contribution in [-0.2, 0) is 14.3 Å². The quantitative estimate of drug-likeness (QED) is 0.629. The van der Waals surface area contributed by atoms with Crippen molar-refractivity contribution in [2.45, 2.75) is 44.4 Å². The molecule has 0 unspecified atom stereocenters. The Bertz CT molecular complexity index is 681. The predicted octanol–water partition coefficient (Wildman–Crippen LogP) is 2.40. The molecule has 136 valence electrons. The summed E-state index contributed by atoms with van der Waals surface area (Å²) in [5.41, 5.74) is -2.20. The minimum absolute atomic E-state index is 0.0449. The molecule has 0 saturated carbocycles. The number of alkyl carbamates (subject to hydrolysis) is 1. The van der Waals surface area contributed by atoms with Crippen molar-refractivity contribution in [1.82, 2.24) is 5.32 Å². The summed E-state index contributed by atoms with van der Waals surface area (Å²) in [6.45, 7) is 5.11. The molecular formula is C16H20N2O7. The lowest BCUT2D eigenvalue weighted by atomic mass is 9.87. The maximum absolute atomic E-state index is 12.1. The molecule has 9 nitrogen and oxygen atoms in total. The average Bonchev–Trinajstić information content (AvgIpc) is 2.90. The van der Waals surface area contributed by atoms with Crippen molar-refractivity contribution in [2.24, 2.45) is 0 Å². The van der Waals surface area contributed by atoms with E-state index in [9.17, 15) is 24.8 Å². The van der Waals surface area contributed by atoms with E-state index in [0.717, 1.165) is 0 Å². The van der Waals surface area contributed by atoms with E-state index in [1.54, 1.807) is 20.8 Å². The van der Waals surface area contributed by atoms with Gasteiger partial charge in [0.15, 0.2) is 5.54 Å². The van der Waals surface area contributed by atoms with Gasteiger partial charge in [-0.05, 0) is 38.5 Å². The molecule has 0 aliphatic carbocycles. The maximum Gasteiger partial charge on any atom is 0.408 e. The lowest BCUT2D eigenvalue weighted by Gasteiger charge is -2.32. The highest BCUT2D eigenvalue weighted by molar-refractivity contribution is 5.86. The molecule has 1 aliphatic heterocycles. The molecule has 1 aromatic carbocycles. The Morgan fingerprint density at radius 3 is 2.44 bits per heavy atom. The third-order valence-corrected chi connectivity index (χ3v) is 3.74. The highest BCUT2D eigenvalue weighted by Gasteiger charge is 2.53. The minimum atomic E-state index is -1.71. The molecule has 0 spiro atoms. The third-order valence-electron chi connectivity index (χ3n) is 3.74. The fraction of sp³-hybridized carbons (Fsp3) is 0.500. The molecule has 0 radical (unpaired) electrons. The molecule has 0 bridgehead atoms. The molecule has 2 atom stereocenters. The number of rotatable bonds is 4. The highest BCUT2D eigenvalue weighted by atomic mass is 16.6. The van der Waals surface area contributed by atoms with Gasteiger partial charge in [-0.3, -0.25) is 10.1 Å². The Kier molecular flexibility index (Phi) is 4.98. The number of nitro benzene ring substituents is 1.